The van der Waals surface area contributed by atoms with Crippen molar-refractivity contribution in [3.63, 3.8) is 0 Å². The number of Topliss-reactive ketones (excluding diaryl/α,β-unsaturated/α-hetero) is 1. The lowest BCUT2D eigenvalue weighted by Gasteiger charge is -2.60. The summed E-state index contributed by atoms with van der Waals surface area (Å²) in [5, 5.41) is 0. The van der Waals surface area contributed by atoms with Crippen molar-refractivity contribution < 1.29 is 9.59 Å². The molecular weight excluding hydrogens is 296 g/mol. The van der Waals surface area contributed by atoms with Crippen LogP contribution in [0.25, 0.3) is 0 Å². The molecule has 0 aliphatic heterocycles. The van der Waals surface area contributed by atoms with Crippen molar-refractivity contribution in [3.8, 4) is 0 Å². The first kappa shape index (κ1) is 15.1. The molecule has 0 unspecified atom stereocenters. The van der Waals surface area contributed by atoms with Crippen molar-refractivity contribution in [2.75, 3.05) is 0 Å². The van der Waals surface area contributed by atoms with Gasteiger partial charge in [0.15, 0.2) is 5.78 Å². The van der Waals surface area contributed by atoms with Crippen LogP contribution in [0.3, 0.4) is 0 Å². The number of allylic oxidation sites excluding steroid dienone is 2. The van der Waals surface area contributed by atoms with E-state index < -0.39 is 0 Å². The zero-order chi connectivity index (χ0) is 16.7. The van der Waals surface area contributed by atoms with Gasteiger partial charge >= 0.3 is 0 Å². The van der Waals surface area contributed by atoms with Gasteiger partial charge in [0, 0.05) is 17.8 Å². The van der Waals surface area contributed by atoms with E-state index in [1.54, 1.807) is 0 Å². The van der Waals surface area contributed by atoms with Crippen LogP contribution in [0, 0.1) is 34.5 Å². The second kappa shape index (κ2) is 4.71. The van der Waals surface area contributed by atoms with Crippen molar-refractivity contribution >= 4 is 11.6 Å². The van der Waals surface area contributed by atoms with E-state index in [0.717, 1.165) is 38.5 Å². The number of hydrogen-bond donors (Lipinski definition) is 0. The molecule has 0 aromatic rings. The molecule has 4 fully saturated rings. The number of carbonyl (C=O) groups is 2. The Morgan fingerprint density at radius 1 is 1.12 bits per heavy atom. The summed E-state index contributed by atoms with van der Waals surface area (Å²) in [6.07, 6.45) is 11.7. The van der Waals surface area contributed by atoms with Crippen LogP contribution in [0.1, 0.15) is 64.7 Å². The van der Waals surface area contributed by atoms with E-state index in [1.807, 2.05) is 6.08 Å². The molecule has 2 bridgehead atoms. The third kappa shape index (κ3) is 1.68. The van der Waals surface area contributed by atoms with E-state index in [1.165, 1.54) is 30.4 Å². The van der Waals surface area contributed by atoms with E-state index in [4.69, 9.17) is 0 Å². The summed E-state index contributed by atoms with van der Waals surface area (Å²) in [6.45, 7) is 6.66. The largest absolute Gasteiger partial charge is 0.299 e. The number of ketones is 2. The Kier molecular flexibility index (Phi) is 2.96. The van der Waals surface area contributed by atoms with Crippen LogP contribution in [0.15, 0.2) is 23.8 Å². The zero-order valence-corrected chi connectivity index (χ0v) is 14.8. The lowest BCUT2D eigenvalue weighted by Crippen LogP contribution is -2.54. The SMILES string of the molecule is C=C1C[C@@H]2[C@H](CC[C@]3(C)C(=O)CC[C@@H]23)[C@@]23CCC[C@@H](C2)C(=O)C=C13. The van der Waals surface area contributed by atoms with Crippen LogP contribution in [-0.2, 0) is 9.59 Å². The van der Waals surface area contributed by atoms with Crippen LogP contribution < -0.4 is 0 Å². The fourth-order valence-electron chi connectivity index (χ4n) is 7.61. The molecule has 2 heteroatoms. The maximum absolute atomic E-state index is 12.5. The van der Waals surface area contributed by atoms with Gasteiger partial charge in [0.05, 0.1) is 0 Å². The van der Waals surface area contributed by atoms with E-state index >= 15 is 0 Å². The average Bonchev–Trinajstić information content (AvgIpc) is 2.86. The summed E-state index contributed by atoms with van der Waals surface area (Å²) < 4.78 is 0. The van der Waals surface area contributed by atoms with E-state index in [0.29, 0.717) is 29.3 Å². The first-order chi connectivity index (χ1) is 11.5. The average molecular weight is 324 g/mol. The molecule has 128 valence electrons. The van der Waals surface area contributed by atoms with Crippen LogP contribution in [0.2, 0.25) is 0 Å². The third-order valence-corrected chi connectivity index (χ3v) is 8.73. The summed E-state index contributed by atoms with van der Waals surface area (Å²) in [7, 11) is 0. The Hall–Kier alpha value is -1.18. The molecule has 1 spiro atoms. The highest BCUT2D eigenvalue weighted by Crippen LogP contribution is 2.68. The molecule has 0 N–H and O–H groups in total. The van der Waals surface area contributed by atoms with Crippen molar-refractivity contribution in [3.05, 3.63) is 23.8 Å². The summed E-state index contributed by atoms with van der Waals surface area (Å²) in [5.74, 6) is 2.97. The molecule has 0 aromatic carbocycles. The lowest BCUT2D eigenvalue weighted by molar-refractivity contribution is -0.134. The molecule has 24 heavy (non-hydrogen) atoms. The molecule has 0 aromatic heterocycles. The Morgan fingerprint density at radius 3 is 2.79 bits per heavy atom. The number of fused-ring (bicyclic) bond motifs is 4. The summed E-state index contributed by atoms with van der Waals surface area (Å²) in [6, 6.07) is 0. The van der Waals surface area contributed by atoms with E-state index in [9.17, 15) is 9.59 Å². The highest BCUT2D eigenvalue weighted by Gasteiger charge is 2.62. The van der Waals surface area contributed by atoms with Crippen molar-refractivity contribution in [1.82, 2.24) is 0 Å². The van der Waals surface area contributed by atoms with Crippen LogP contribution in [0.4, 0.5) is 0 Å². The molecular formula is C22H28O2. The molecule has 0 radical (unpaired) electrons. The van der Waals surface area contributed by atoms with Gasteiger partial charge in [-0.05, 0) is 79.8 Å². The fraction of sp³-hybridized carbons (Fsp3) is 0.727. The second-order valence-electron chi connectivity index (χ2n) is 9.51. The number of carbonyl (C=O) groups excluding carboxylic acids is 2. The Morgan fingerprint density at radius 2 is 1.96 bits per heavy atom. The van der Waals surface area contributed by atoms with Crippen LogP contribution in [-0.4, -0.2) is 11.6 Å². The van der Waals surface area contributed by atoms with Crippen molar-refractivity contribution in [1.29, 1.82) is 0 Å². The highest BCUT2D eigenvalue weighted by atomic mass is 16.1. The summed E-state index contributed by atoms with van der Waals surface area (Å²) in [5.41, 5.74) is 2.67. The maximum atomic E-state index is 12.5. The molecule has 0 heterocycles. The fourth-order valence-corrected chi connectivity index (χ4v) is 7.61. The van der Waals surface area contributed by atoms with Gasteiger partial charge in [-0.15, -0.1) is 0 Å². The first-order valence-electron chi connectivity index (χ1n) is 9.93. The van der Waals surface area contributed by atoms with Gasteiger partial charge in [0.1, 0.15) is 5.78 Å². The zero-order valence-electron chi connectivity index (χ0n) is 14.8. The van der Waals surface area contributed by atoms with E-state index in [-0.39, 0.29) is 16.7 Å². The van der Waals surface area contributed by atoms with Crippen molar-refractivity contribution in [2.45, 2.75) is 64.7 Å². The van der Waals surface area contributed by atoms with Gasteiger partial charge in [-0.3, -0.25) is 9.59 Å². The molecule has 5 rings (SSSR count). The molecule has 2 nitrogen and oxygen atoms in total. The predicted octanol–water partition coefficient (Wildman–Crippen LogP) is 4.64. The normalized spacial score (nSPS) is 50.0. The van der Waals surface area contributed by atoms with Gasteiger partial charge in [0.2, 0.25) is 0 Å². The minimum absolute atomic E-state index is 0.0716. The minimum atomic E-state index is -0.0716. The smallest absolute Gasteiger partial charge is 0.159 e. The molecule has 6 atom stereocenters. The Labute approximate surface area is 144 Å². The van der Waals surface area contributed by atoms with Crippen LogP contribution >= 0.6 is 0 Å². The topological polar surface area (TPSA) is 34.1 Å². The highest BCUT2D eigenvalue weighted by molar-refractivity contribution is 5.95. The summed E-state index contributed by atoms with van der Waals surface area (Å²) >= 11 is 0. The number of rotatable bonds is 0. The second-order valence-corrected chi connectivity index (χ2v) is 9.51. The molecule has 5 aliphatic carbocycles. The summed E-state index contributed by atoms with van der Waals surface area (Å²) in [4.78, 5) is 25.0. The minimum Gasteiger partial charge on any atom is -0.299 e. The maximum Gasteiger partial charge on any atom is 0.159 e. The Balaban J connectivity index is 1.61. The monoisotopic (exact) mass is 324 g/mol. The number of hydrogen-bond acceptors (Lipinski definition) is 2. The predicted molar refractivity (Wildman–Crippen MR) is 93.3 cm³/mol. The van der Waals surface area contributed by atoms with Gasteiger partial charge in [0.25, 0.3) is 0 Å². The third-order valence-electron chi connectivity index (χ3n) is 8.73. The van der Waals surface area contributed by atoms with E-state index in [2.05, 4.69) is 13.5 Å². The molecule has 4 saturated carbocycles. The van der Waals surface area contributed by atoms with Gasteiger partial charge in [-0.2, -0.15) is 0 Å². The van der Waals surface area contributed by atoms with Gasteiger partial charge in [-0.1, -0.05) is 25.5 Å². The van der Waals surface area contributed by atoms with Gasteiger partial charge in [-0.25, -0.2) is 0 Å². The molecule has 0 amide bonds. The lowest BCUT2D eigenvalue weighted by atomic mass is 9.43. The Bertz CT molecular complexity index is 686. The first-order valence-corrected chi connectivity index (χ1v) is 9.93. The van der Waals surface area contributed by atoms with Crippen LogP contribution in [0.5, 0.6) is 0 Å². The standard InChI is InChI=1S/C22H28O2/c1-13-10-15-16-5-6-20(24)21(16,2)9-7-17(15)22-8-3-4-14(12-22)19(23)11-18(13)22/h11,14-17H,1,3-10,12H2,2H3/t14-,15-,16-,17-,21-,22+/m0/s1. The quantitative estimate of drug-likeness (QED) is 0.650. The van der Waals surface area contributed by atoms with Gasteiger partial charge < -0.3 is 0 Å². The van der Waals surface area contributed by atoms with Crippen molar-refractivity contribution in [2.24, 2.45) is 34.5 Å². The molecule has 5 aliphatic rings. The molecule has 0 saturated heterocycles.